The number of aliphatic imine (C=N–C) groups is 1. The quantitative estimate of drug-likeness (QED) is 0.494. The minimum Gasteiger partial charge on any atom is -0.211 e. The average Bonchev–Trinajstić information content (AvgIpc) is 2.57. The highest BCUT2D eigenvalue weighted by Crippen LogP contribution is 2.26. The van der Waals surface area contributed by atoms with Crippen LogP contribution in [0.3, 0.4) is 0 Å². The number of hydrogen-bond donors (Lipinski definition) is 0. The molecule has 0 aliphatic heterocycles. The van der Waals surface area contributed by atoms with Crippen LogP contribution in [0.4, 0.5) is 0 Å². The zero-order valence-corrected chi connectivity index (χ0v) is 7.36. The Balaban J connectivity index is 2.09. The summed E-state index contributed by atoms with van der Waals surface area (Å²) >= 11 is 0. The topological polar surface area (TPSA) is 29.4 Å². The summed E-state index contributed by atoms with van der Waals surface area (Å²) in [6, 6.07) is 8.42. The summed E-state index contributed by atoms with van der Waals surface area (Å²) in [6.45, 7) is 0.623. The van der Waals surface area contributed by atoms with E-state index in [0.29, 0.717) is 12.5 Å². The van der Waals surface area contributed by atoms with Crippen molar-refractivity contribution < 1.29 is 4.79 Å². The molecule has 0 bridgehead atoms. The van der Waals surface area contributed by atoms with Crippen molar-refractivity contribution in [3.05, 3.63) is 35.4 Å². The van der Waals surface area contributed by atoms with E-state index in [-0.39, 0.29) is 0 Å². The van der Waals surface area contributed by atoms with E-state index in [9.17, 15) is 4.79 Å². The van der Waals surface area contributed by atoms with Crippen LogP contribution in [0.25, 0.3) is 0 Å². The Morgan fingerprint density at radius 2 is 1.92 bits per heavy atom. The van der Waals surface area contributed by atoms with E-state index in [1.54, 1.807) is 6.08 Å². The molecule has 0 N–H and O–H groups in total. The number of nitrogens with zero attached hydrogens (tertiary/aromatic N) is 1. The molecule has 0 aromatic heterocycles. The zero-order valence-electron chi connectivity index (χ0n) is 7.36. The summed E-state index contributed by atoms with van der Waals surface area (Å²) in [6.07, 6.45) is 3.71. The van der Waals surface area contributed by atoms with Gasteiger partial charge in [0.25, 0.3) is 0 Å². The van der Waals surface area contributed by atoms with Crippen molar-refractivity contribution in [3.63, 3.8) is 0 Å². The molecule has 0 fully saturated rings. The molecule has 13 heavy (non-hydrogen) atoms. The van der Waals surface area contributed by atoms with Crippen LogP contribution < -0.4 is 0 Å². The van der Waals surface area contributed by atoms with Crippen molar-refractivity contribution in [1.82, 2.24) is 0 Å². The van der Waals surface area contributed by atoms with Crippen LogP contribution in [0.5, 0.6) is 0 Å². The summed E-state index contributed by atoms with van der Waals surface area (Å²) in [5, 5.41) is 0. The van der Waals surface area contributed by atoms with Gasteiger partial charge in [-0.15, -0.1) is 0 Å². The third-order valence-corrected chi connectivity index (χ3v) is 2.55. The molecule has 0 saturated carbocycles. The van der Waals surface area contributed by atoms with Gasteiger partial charge in [-0.05, 0) is 29.9 Å². The molecular formula is C11H11NO. The molecule has 1 aliphatic carbocycles. The van der Waals surface area contributed by atoms with Gasteiger partial charge in [-0.2, -0.15) is 0 Å². The second-order valence-corrected chi connectivity index (χ2v) is 3.47. The van der Waals surface area contributed by atoms with Crippen LogP contribution in [-0.4, -0.2) is 12.6 Å². The number of carbonyl (C=O) groups excluding carboxylic acids is 1. The fraction of sp³-hybridized carbons (Fsp3) is 0.364. The molecule has 0 saturated heterocycles. The zero-order chi connectivity index (χ0) is 9.10. The average molecular weight is 173 g/mol. The first kappa shape index (κ1) is 8.21. The number of rotatable bonds is 2. The molecular weight excluding hydrogens is 162 g/mol. The maximum atomic E-state index is 9.94. The Kier molecular flexibility index (Phi) is 2.24. The summed E-state index contributed by atoms with van der Waals surface area (Å²) in [5.41, 5.74) is 2.82. The Labute approximate surface area is 77.3 Å². The lowest BCUT2D eigenvalue weighted by atomic mass is 10.1. The Hall–Kier alpha value is -1.40. The first-order chi connectivity index (χ1) is 6.40. The molecule has 0 radical (unpaired) electrons. The third kappa shape index (κ3) is 1.68. The van der Waals surface area contributed by atoms with E-state index in [0.717, 1.165) is 12.8 Å². The maximum Gasteiger partial charge on any atom is 0.234 e. The minimum absolute atomic E-state index is 0.513. The van der Waals surface area contributed by atoms with Gasteiger partial charge in [0.1, 0.15) is 0 Å². The smallest absolute Gasteiger partial charge is 0.211 e. The second-order valence-electron chi connectivity index (χ2n) is 3.47. The van der Waals surface area contributed by atoms with Crippen molar-refractivity contribution in [1.29, 1.82) is 0 Å². The van der Waals surface area contributed by atoms with Gasteiger partial charge in [0.2, 0.25) is 6.08 Å². The van der Waals surface area contributed by atoms with Gasteiger partial charge >= 0.3 is 0 Å². The van der Waals surface area contributed by atoms with Crippen molar-refractivity contribution in [2.45, 2.75) is 12.8 Å². The Morgan fingerprint density at radius 1 is 1.31 bits per heavy atom. The van der Waals surface area contributed by atoms with Gasteiger partial charge in [0.15, 0.2) is 0 Å². The molecule has 0 spiro atoms. The van der Waals surface area contributed by atoms with Crippen molar-refractivity contribution in [2.75, 3.05) is 6.54 Å². The van der Waals surface area contributed by atoms with Crippen LogP contribution in [0.2, 0.25) is 0 Å². The fourth-order valence-electron chi connectivity index (χ4n) is 1.95. The first-order valence-electron chi connectivity index (χ1n) is 4.50. The van der Waals surface area contributed by atoms with Crippen LogP contribution >= 0.6 is 0 Å². The first-order valence-corrected chi connectivity index (χ1v) is 4.50. The summed E-state index contributed by atoms with van der Waals surface area (Å²) < 4.78 is 0. The minimum atomic E-state index is 0.513. The number of fused-ring (bicyclic) bond motifs is 1. The largest absolute Gasteiger partial charge is 0.234 e. The molecule has 66 valence electrons. The van der Waals surface area contributed by atoms with Gasteiger partial charge in [0, 0.05) is 0 Å². The lowest BCUT2D eigenvalue weighted by molar-refractivity contribution is 0.545. The molecule has 1 aromatic rings. The maximum absolute atomic E-state index is 9.94. The predicted octanol–water partition coefficient (Wildman–Crippen LogP) is 1.74. The van der Waals surface area contributed by atoms with Crippen LogP contribution in [0.1, 0.15) is 11.1 Å². The number of benzene rings is 1. The van der Waals surface area contributed by atoms with E-state index >= 15 is 0 Å². The Bertz CT molecular complexity index is 328. The highest BCUT2D eigenvalue weighted by molar-refractivity contribution is 5.34. The fourth-order valence-corrected chi connectivity index (χ4v) is 1.95. The van der Waals surface area contributed by atoms with Gasteiger partial charge in [-0.25, -0.2) is 9.79 Å². The molecule has 2 nitrogen and oxygen atoms in total. The molecule has 2 rings (SSSR count). The van der Waals surface area contributed by atoms with E-state index in [1.165, 1.54) is 11.1 Å². The number of isocyanates is 1. The molecule has 0 heterocycles. The summed E-state index contributed by atoms with van der Waals surface area (Å²) in [5.74, 6) is 0.513. The highest BCUT2D eigenvalue weighted by atomic mass is 16.1. The lowest BCUT2D eigenvalue weighted by Gasteiger charge is -2.00. The predicted molar refractivity (Wildman–Crippen MR) is 50.3 cm³/mol. The van der Waals surface area contributed by atoms with Gasteiger partial charge in [-0.1, -0.05) is 24.3 Å². The van der Waals surface area contributed by atoms with Gasteiger partial charge in [0.05, 0.1) is 6.54 Å². The highest BCUT2D eigenvalue weighted by Gasteiger charge is 2.19. The van der Waals surface area contributed by atoms with Crippen molar-refractivity contribution in [2.24, 2.45) is 10.9 Å². The van der Waals surface area contributed by atoms with Crippen LogP contribution in [0.15, 0.2) is 29.3 Å². The second kappa shape index (κ2) is 3.55. The van der Waals surface area contributed by atoms with E-state index in [1.807, 2.05) is 0 Å². The standard InChI is InChI=1S/C11H11NO/c13-8-12-7-9-5-10-3-1-2-4-11(10)6-9/h1-4,9H,5-7H2. The molecule has 1 aromatic carbocycles. The molecule has 2 heteroatoms. The summed E-state index contributed by atoms with van der Waals surface area (Å²) in [7, 11) is 0. The monoisotopic (exact) mass is 173 g/mol. The molecule has 0 amide bonds. The number of hydrogen-bond acceptors (Lipinski definition) is 2. The lowest BCUT2D eigenvalue weighted by Crippen LogP contribution is -2.03. The van der Waals surface area contributed by atoms with Crippen LogP contribution in [-0.2, 0) is 17.6 Å². The van der Waals surface area contributed by atoms with Crippen molar-refractivity contribution in [3.8, 4) is 0 Å². The molecule has 0 unspecified atom stereocenters. The normalized spacial score (nSPS) is 15.1. The van der Waals surface area contributed by atoms with Gasteiger partial charge < -0.3 is 0 Å². The van der Waals surface area contributed by atoms with E-state index in [4.69, 9.17) is 0 Å². The molecule has 1 aliphatic rings. The van der Waals surface area contributed by atoms with Gasteiger partial charge in [-0.3, -0.25) is 0 Å². The molecule has 0 atom stereocenters. The SMILES string of the molecule is O=C=NCC1Cc2ccccc2C1. The summed E-state index contributed by atoms with van der Waals surface area (Å²) in [4.78, 5) is 13.6. The van der Waals surface area contributed by atoms with E-state index in [2.05, 4.69) is 29.3 Å². The van der Waals surface area contributed by atoms with E-state index < -0.39 is 0 Å². The third-order valence-electron chi connectivity index (χ3n) is 2.55. The van der Waals surface area contributed by atoms with Crippen LogP contribution in [0, 0.1) is 5.92 Å². The Morgan fingerprint density at radius 3 is 2.46 bits per heavy atom. The van der Waals surface area contributed by atoms with Crippen molar-refractivity contribution >= 4 is 6.08 Å².